The largest absolute Gasteiger partial charge is 0.353 e. The number of nitrogens with zero attached hydrogens (tertiary/aromatic N) is 1. The third kappa shape index (κ3) is 2.55. The van der Waals surface area contributed by atoms with Gasteiger partial charge < -0.3 is 16.0 Å². The number of nitrogens with two attached hydrogens (primary N) is 1. The van der Waals surface area contributed by atoms with Crippen LogP contribution in [0, 0.1) is 11.8 Å². The van der Waals surface area contributed by atoms with Gasteiger partial charge in [-0.2, -0.15) is 0 Å². The van der Waals surface area contributed by atoms with Gasteiger partial charge in [-0.15, -0.1) is 0 Å². The molecule has 3 atom stereocenters. The van der Waals surface area contributed by atoms with Crippen molar-refractivity contribution in [3.8, 4) is 0 Å². The van der Waals surface area contributed by atoms with Gasteiger partial charge in [0.05, 0.1) is 5.92 Å². The maximum atomic E-state index is 12.0. The average molecular weight is 225 g/mol. The molecule has 2 rings (SSSR count). The Morgan fingerprint density at radius 2 is 2.25 bits per heavy atom. The second-order valence-electron chi connectivity index (χ2n) is 5.29. The summed E-state index contributed by atoms with van der Waals surface area (Å²) in [6.45, 7) is 2.66. The first kappa shape index (κ1) is 11.9. The van der Waals surface area contributed by atoms with Crippen LogP contribution in [-0.4, -0.2) is 43.5 Å². The van der Waals surface area contributed by atoms with E-state index in [0.29, 0.717) is 18.5 Å². The van der Waals surface area contributed by atoms with Crippen LogP contribution in [0.5, 0.6) is 0 Å². The molecule has 0 radical (unpaired) electrons. The summed E-state index contributed by atoms with van der Waals surface area (Å²) in [6.07, 6.45) is 4.49. The van der Waals surface area contributed by atoms with Crippen LogP contribution in [0.2, 0.25) is 0 Å². The van der Waals surface area contributed by atoms with Crippen molar-refractivity contribution in [1.29, 1.82) is 0 Å². The molecule has 4 nitrogen and oxygen atoms in total. The van der Waals surface area contributed by atoms with E-state index >= 15 is 0 Å². The molecular formula is C12H23N3O. The van der Waals surface area contributed by atoms with Gasteiger partial charge in [0.25, 0.3) is 0 Å². The highest BCUT2D eigenvalue weighted by molar-refractivity contribution is 5.79. The summed E-state index contributed by atoms with van der Waals surface area (Å²) in [5.41, 5.74) is 5.72. The normalized spacial score (nSPS) is 35.5. The highest BCUT2D eigenvalue weighted by Crippen LogP contribution is 2.25. The van der Waals surface area contributed by atoms with E-state index in [0.717, 1.165) is 25.9 Å². The van der Waals surface area contributed by atoms with Crippen molar-refractivity contribution in [2.45, 2.75) is 31.7 Å². The van der Waals surface area contributed by atoms with E-state index < -0.39 is 0 Å². The summed E-state index contributed by atoms with van der Waals surface area (Å²) in [6, 6.07) is 0.336. The molecule has 3 unspecified atom stereocenters. The molecule has 16 heavy (non-hydrogen) atoms. The number of carbonyl (C=O) groups excluding carboxylic acids is 1. The van der Waals surface area contributed by atoms with Crippen LogP contribution in [-0.2, 0) is 4.79 Å². The van der Waals surface area contributed by atoms with Crippen molar-refractivity contribution in [2.75, 3.05) is 26.7 Å². The number of likely N-dealkylation sites (tertiary alicyclic amines) is 1. The SMILES string of the molecule is CN1CCC(C(=O)NC2CCCC2CN)C1. The first-order chi connectivity index (χ1) is 7.70. The molecule has 3 N–H and O–H groups in total. The maximum absolute atomic E-state index is 12.0. The first-order valence-electron chi connectivity index (χ1n) is 6.39. The van der Waals surface area contributed by atoms with Crippen molar-refractivity contribution in [3.05, 3.63) is 0 Å². The minimum Gasteiger partial charge on any atom is -0.353 e. The zero-order valence-electron chi connectivity index (χ0n) is 10.1. The lowest BCUT2D eigenvalue weighted by atomic mass is 10.0. The molecular weight excluding hydrogens is 202 g/mol. The first-order valence-corrected chi connectivity index (χ1v) is 6.39. The van der Waals surface area contributed by atoms with Crippen LogP contribution < -0.4 is 11.1 Å². The fourth-order valence-electron chi connectivity index (χ4n) is 2.96. The van der Waals surface area contributed by atoms with Crippen molar-refractivity contribution in [1.82, 2.24) is 10.2 Å². The van der Waals surface area contributed by atoms with Crippen molar-refractivity contribution >= 4 is 5.91 Å². The highest BCUT2D eigenvalue weighted by Gasteiger charge is 2.31. The third-order valence-electron chi connectivity index (χ3n) is 4.05. The summed E-state index contributed by atoms with van der Waals surface area (Å²) in [4.78, 5) is 14.3. The van der Waals surface area contributed by atoms with E-state index in [4.69, 9.17) is 5.73 Å². The number of hydrogen-bond donors (Lipinski definition) is 2. The molecule has 1 heterocycles. The van der Waals surface area contributed by atoms with Gasteiger partial charge in [0.2, 0.25) is 5.91 Å². The van der Waals surface area contributed by atoms with Crippen LogP contribution in [0.4, 0.5) is 0 Å². The molecule has 0 aromatic carbocycles. The molecule has 1 aliphatic carbocycles. The minimum absolute atomic E-state index is 0.198. The van der Waals surface area contributed by atoms with Gasteiger partial charge in [-0.3, -0.25) is 4.79 Å². The smallest absolute Gasteiger partial charge is 0.224 e. The van der Waals surface area contributed by atoms with Gasteiger partial charge in [0.15, 0.2) is 0 Å². The van der Waals surface area contributed by atoms with Gasteiger partial charge in [-0.25, -0.2) is 0 Å². The Hall–Kier alpha value is -0.610. The zero-order chi connectivity index (χ0) is 11.5. The number of hydrogen-bond acceptors (Lipinski definition) is 3. The molecule has 92 valence electrons. The predicted molar refractivity (Wildman–Crippen MR) is 63.9 cm³/mol. The van der Waals surface area contributed by atoms with Gasteiger partial charge in [0, 0.05) is 12.6 Å². The second kappa shape index (κ2) is 5.15. The van der Waals surface area contributed by atoms with E-state index in [1.807, 2.05) is 0 Å². The van der Waals surface area contributed by atoms with Crippen LogP contribution >= 0.6 is 0 Å². The molecule has 0 spiro atoms. The predicted octanol–water partition coefficient (Wildman–Crippen LogP) is 0.182. The fraction of sp³-hybridized carbons (Fsp3) is 0.917. The van der Waals surface area contributed by atoms with E-state index in [1.165, 1.54) is 12.8 Å². The molecule has 2 aliphatic rings. The zero-order valence-corrected chi connectivity index (χ0v) is 10.1. The van der Waals surface area contributed by atoms with Crippen LogP contribution in [0.1, 0.15) is 25.7 Å². The van der Waals surface area contributed by atoms with Crippen molar-refractivity contribution in [3.63, 3.8) is 0 Å². The molecule has 2 fully saturated rings. The summed E-state index contributed by atoms with van der Waals surface area (Å²) < 4.78 is 0. The molecule has 1 aliphatic heterocycles. The molecule has 4 heteroatoms. The minimum atomic E-state index is 0.198. The van der Waals surface area contributed by atoms with E-state index in [2.05, 4.69) is 17.3 Å². The van der Waals surface area contributed by atoms with Crippen LogP contribution in [0.3, 0.4) is 0 Å². The topological polar surface area (TPSA) is 58.4 Å². The molecule has 1 saturated heterocycles. The lowest BCUT2D eigenvalue weighted by Crippen LogP contribution is -2.43. The number of nitrogens with one attached hydrogen (secondary N) is 1. The van der Waals surface area contributed by atoms with Crippen molar-refractivity contribution in [2.24, 2.45) is 17.6 Å². The lowest BCUT2D eigenvalue weighted by molar-refractivity contribution is -0.125. The Labute approximate surface area is 97.6 Å². The standard InChI is InChI=1S/C12H23N3O/c1-15-6-5-10(8-15)12(16)14-11-4-2-3-9(11)7-13/h9-11H,2-8,13H2,1H3,(H,14,16). The summed E-state index contributed by atoms with van der Waals surface area (Å²) in [5.74, 6) is 0.946. The van der Waals surface area contributed by atoms with Gasteiger partial charge in [-0.1, -0.05) is 6.42 Å². The van der Waals surface area contributed by atoms with Crippen LogP contribution in [0.15, 0.2) is 0 Å². The average Bonchev–Trinajstić information content (AvgIpc) is 2.86. The quantitative estimate of drug-likeness (QED) is 0.720. The Balaban J connectivity index is 1.82. The Morgan fingerprint density at radius 1 is 1.44 bits per heavy atom. The number of amides is 1. The Morgan fingerprint density at radius 3 is 2.88 bits per heavy atom. The highest BCUT2D eigenvalue weighted by atomic mass is 16.2. The second-order valence-corrected chi connectivity index (χ2v) is 5.29. The number of rotatable bonds is 3. The summed E-state index contributed by atoms with van der Waals surface area (Å²) in [7, 11) is 2.07. The lowest BCUT2D eigenvalue weighted by Gasteiger charge is -2.21. The maximum Gasteiger partial charge on any atom is 0.224 e. The summed E-state index contributed by atoms with van der Waals surface area (Å²) in [5, 5.41) is 3.20. The molecule has 0 aromatic rings. The molecule has 0 bridgehead atoms. The monoisotopic (exact) mass is 225 g/mol. The molecule has 1 saturated carbocycles. The fourth-order valence-corrected chi connectivity index (χ4v) is 2.96. The molecule has 1 amide bonds. The summed E-state index contributed by atoms with van der Waals surface area (Å²) >= 11 is 0. The van der Waals surface area contributed by atoms with E-state index in [-0.39, 0.29) is 11.8 Å². The van der Waals surface area contributed by atoms with E-state index in [1.54, 1.807) is 0 Å². The number of carbonyl (C=O) groups is 1. The van der Waals surface area contributed by atoms with Gasteiger partial charge in [-0.05, 0) is 45.3 Å². The molecule has 0 aromatic heterocycles. The van der Waals surface area contributed by atoms with Crippen LogP contribution in [0.25, 0.3) is 0 Å². The Bertz CT molecular complexity index is 257. The van der Waals surface area contributed by atoms with Crippen molar-refractivity contribution < 1.29 is 4.79 Å². The van der Waals surface area contributed by atoms with E-state index in [9.17, 15) is 4.79 Å². The Kier molecular flexibility index (Phi) is 3.82. The van der Waals surface area contributed by atoms with Gasteiger partial charge >= 0.3 is 0 Å². The third-order valence-corrected chi connectivity index (χ3v) is 4.05. The van der Waals surface area contributed by atoms with Gasteiger partial charge in [0.1, 0.15) is 0 Å².